The number of hydrogen-bond acceptors (Lipinski definition) is 7. The van der Waals surface area contributed by atoms with Gasteiger partial charge in [0, 0.05) is 47.2 Å². The number of nitrogens with one attached hydrogen (secondary N) is 2. The van der Waals surface area contributed by atoms with Gasteiger partial charge in [-0.15, -0.1) is 0 Å². The van der Waals surface area contributed by atoms with Gasteiger partial charge in [-0.1, -0.05) is 0 Å². The van der Waals surface area contributed by atoms with Gasteiger partial charge in [-0.25, -0.2) is 14.2 Å². The molecule has 26 heavy (non-hydrogen) atoms. The van der Waals surface area contributed by atoms with Gasteiger partial charge in [0.15, 0.2) is 0 Å². The molecule has 2 unspecified atom stereocenters. The lowest BCUT2D eigenvalue weighted by Crippen LogP contribution is -2.40. The molecule has 2 N–H and O–H groups in total. The van der Waals surface area contributed by atoms with Crippen LogP contribution in [0.2, 0.25) is 0 Å². The molecule has 1 rings (SSSR count). The molecule has 1 fully saturated rings. The summed E-state index contributed by atoms with van der Waals surface area (Å²) < 4.78 is 9.99. The highest BCUT2D eigenvalue weighted by atomic mass is 32.2. The zero-order valence-corrected chi connectivity index (χ0v) is 18.1. The van der Waals surface area contributed by atoms with Crippen LogP contribution in [0.5, 0.6) is 0 Å². The van der Waals surface area contributed by atoms with Crippen molar-refractivity contribution in [1.82, 2.24) is 18.1 Å². The zero-order chi connectivity index (χ0) is 20.0. The van der Waals surface area contributed by atoms with E-state index >= 15 is 0 Å². The highest BCUT2D eigenvalue weighted by Crippen LogP contribution is 2.27. The number of nitrogens with zero attached hydrogens (tertiary/aromatic N) is 4. The van der Waals surface area contributed by atoms with E-state index in [0.29, 0.717) is 25.9 Å². The third-order valence-corrected chi connectivity index (χ3v) is 6.28. The van der Waals surface area contributed by atoms with Crippen LogP contribution in [-0.2, 0) is 0 Å². The fourth-order valence-corrected chi connectivity index (χ4v) is 4.36. The number of amides is 2. The van der Waals surface area contributed by atoms with Gasteiger partial charge < -0.3 is 0 Å². The van der Waals surface area contributed by atoms with Crippen LogP contribution in [-0.4, -0.2) is 38.8 Å². The lowest BCUT2D eigenvalue weighted by atomic mass is 9.94. The van der Waals surface area contributed by atoms with Crippen molar-refractivity contribution in [1.29, 1.82) is 10.5 Å². The van der Waals surface area contributed by atoms with Gasteiger partial charge >= 0.3 is 6.03 Å². The summed E-state index contributed by atoms with van der Waals surface area (Å²) in [6.45, 7) is 13.2. The van der Waals surface area contributed by atoms with Crippen molar-refractivity contribution in [3.05, 3.63) is 0 Å². The highest BCUT2D eigenvalue weighted by Gasteiger charge is 2.33. The van der Waals surface area contributed by atoms with E-state index in [2.05, 4.69) is 21.6 Å². The Hall–Kier alpha value is -1.13. The standard InChI is InChI=1S/C17H30N6OS2/c1-13(11-18)9-16(3,4)20-25-22-7-8-23(15(22)24)26-21-17(5,6)10-14(2)12-19/h13-14,20-21H,7-10H2,1-6H3. The van der Waals surface area contributed by atoms with Crippen molar-refractivity contribution < 1.29 is 4.79 Å². The highest BCUT2D eigenvalue weighted by molar-refractivity contribution is 7.97. The first-order chi connectivity index (χ1) is 12.0. The first-order valence-corrected chi connectivity index (χ1v) is 10.3. The Balaban J connectivity index is 2.46. The predicted molar refractivity (Wildman–Crippen MR) is 107 cm³/mol. The summed E-state index contributed by atoms with van der Waals surface area (Å²) >= 11 is 2.60. The first-order valence-electron chi connectivity index (χ1n) is 8.76. The Kier molecular flexibility index (Phi) is 8.55. The van der Waals surface area contributed by atoms with Gasteiger partial charge in [0.05, 0.1) is 25.2 Å². The van der Waals surface area contributed by atoms with Crippen molar-refractivity contribution >= 4 is 30.3 Å². The third kappa shape index (κ3) is 7.63. The maximum atomic E-state index is 12.5. The molecule has 0 spiro atoms. The van der Waals surface area contributed by atoms with Crippen molar-refractivity contribution in [2.24, 2.45) is 11.8 Å². The van der Waals surface area contributed by atoms with Crippen molar-refractivity contribution in [2.75, 3.05) is 13.1 Å². The average molecular weight is 399 g/mol. The summed E-state index contributed by atoms with van der Waals surface area (Å²) in [7, 11) is 0. The van der Waals surface area contributed by atoms with E-state index in [1.54, 1.807) is 8.61 Å². The second-order valence-electron chi connectivity index (χ2n) is 8.11. The molecule has 0 aromatic rings. The van der Waals surface area contributed by atoms with Crippen molar-refractivity contribution in [2.45, 2.75) is 65.5 Å². The Bertz CT molecular complexity index is 521. The molecule has 0 aromatic carbocycles. The lowest BCUT2D eigenvalue weighted by Gasteiger charge is -2.29. The molecule has 7 nitrogen and oxygen atoms in total. The van der Waals surface area contributed by atoms with E-state index in [4.69, 9.17) is 10.5 Å². The summed E-state index contributed by atoms with van der Waals surface area (Å²) in [5.41, 5.74) is -0.483. The van der Waals surface area contributed by atoms with Crippen LogP contribution < -0.4 is 9.44 Å². The number of carbonyl (C=O) groups excluding carboxylic acids is 1. The number of carbonyl (C=O) groups is 1. The molecule has 1 aliphatic rings. The van der Waals surface area contributed by atoms with Gasteiger partial charge in [0.25, 0.3) is 0 Å². The predicted octanol–water partition coefficient (Wildman–Crippen LogP) is 3.69. The molecule has 1 aliphatic heterocycles. The summed E-state index contributed by atoms with van der Waals surface area (Å²) in [6.07, 6.45) is 1.42. The van der Waals surface area contributed by atoms with E-state index < -0.39 is 0 Å². The molecule has 0 radical (unpaired) electrons. The van der Waals surface area contributed by atoms with Crippen molar-refractivity contribution in [3.63, 3.8) is 0 Å². The number of hydrogen-bond donors (Lipinski definition) is 2. The van der Waals surface area contributed by atoms with Crippen LogP contribution in [0.25, 0.3) is 0 Å². The quantitative estimate of drug-likeness (QED) is 0.542. The van der Waals surface area contributed by atoms with Gasteiger partial charge in [-0.3, -0.25) is 8.61 Å². The minimum atomic E-state index is -0.242. The summed E-state index contributed by atoms with van der Waals surface area (Å²) in [4.78, 5) is 12.5. The van der Waals surface area contributed by atoms with Crippen LogP contribution in [0.3, 0.4) is 0 Å². The van der Waals surface area contributed by atoms with Gasteiger partial charge in [0.1, 0.15) is 0 Å². The molecule has 1 heterocycles. The van der Waals surface area contributed by atoms with Crippen LogP contribution in [0.1, 0.15) is 54.4 Å². The molecule has 2 amide bonds. The molecular formula is C17H30N6OS2. The first kappa shape index (κ1) is 22.9. The SMILES string of the molecule is CC(C#N)CC(C)(C)NSN1CCN(SNC(C)(C)CC(C)C#N)C1=O. The van der Waals surface area contributed by atoms with Gasteiger partial charge in [0.2, 0.25) is 0 Å². The minimum absolute atomic E-state index is 0.0401. The van der Waals surface area contributed by atoms with Gasteiger partial charge in [-0.2, -0.15) is 10.5 Å². The smallest absolute Gasteiger partial charge is 0.252 e. The van der Waals surface area contributed by atoms with Crippen LogP contribution in [0.15, 0.2) is 0 Å². The molecule has 0 saturated carbocycles. The van der Waals surface area contributed by atoms with Crippen LogP contribution in [0, 0.1) is 34.5 Å². The largest absolute Gasteiger partial charge is 0.342 e. The Labute approximate surface area is 166 Å². The van der Waals surface area contributed by atoms with E-state index in [0.717, 1.165) is 0 Å². The maximum Gasteiger partial charge on any atom is 0.342 e. The fraction of sp³-hybridized carbons (Fsp3) is 0.824. The molecule has 0 aromatic heterocycles. The minimum Gasteiger partial charge on any atom is -0.252 e. The Morgan fingerprint density at radius 1 is 0.962 bits per heavy atom. The monoisotopic (exact) mass is 398 g/mol. The van der Waals surface area contributed by atoms with Crippen molar-refractivity contribution in [3.8, 4) is 12.1 Å². The zero-order valence-electron chi connectivity index (χ0n) is 16.5. The molecule has 1 saturated heterocycles. The maximum absolute atomic E-state index is 12.5. The summed E-state index contributed by atoms with van der Waals surface area (Å²) in [5.74, 6) is -0.0802. The molecular weight excluding hydrogens is 368 g/mol. The number of nitriles is 2. The summed E-state index contributed by atoms with van der Waals surface area (Å²) in [5, 5.41) is 17.9. The van der Waals surface area contributed by atoms with E-state index in [1.807, 2.05) is 41.5 Å². The number of urea groups is 1. The average Bonchev–Trinajstić information content (AvgIpc) is 2.90. The lowest BCUT2D eigenvalue weighted by molar-refractivity contribution is 0.227. The van der Waals surface area contributed by atoms with E-state index in [-0.39, 0.29) is 28.9 Å². The Morgan fingerprint density at radius 3 is 1.62 bits per heavy atom. The third-order valence-electron chi connectivity index (χ3n) is 3.87. The van der Waals surface area contributed by atoms with E-state index in [1.165, 1.54) is 24.3 Å². The Morgan fingerprint density at radius 2 is 1.31 bits per heavy atom. The number of rotatable bonds is 10. The molecule has 2 atom stereocenters. The fourth-order valence-electron chi connectivity index (χ4n) is 2.73. The molecule has 9 heteroatoms. The van der Waals surface area contributed by atoms with Crippen LogP contribution >= 0.6 is 24.3 Å². The second kappa shape index (κ2) is 9.70. The topological polar surface area (TPSA) is 95.2 Å². The van der Waals surface area contributed by atoms with Gasteiger partial charge in [-0.05, 0) is 54.4 Å². The normalized spacial score (nSPS) is 17.8. The second-order valence-corrected chi connectivity index (χ2v) is 9.76. The summed E-state index contributed by atoms with van der Waals surface area (Å²) in [6, 6.07) is 4.43. The van der Waals surface area contributed by atoms with E-state index in [9.17, 15) is 4.79 Å². The van der Waals surface area contributed by atoms with Crippen LogP contribution in [0.4, 0.5) is 4.79 Å². The molecule has 0 bridgehead atoms. The molecule has 0 aliphatic carbocycles. The molecule has 146 valence electrons.